The summed E-state index contributed by atoms with van der Waals surface area (Å²) in [5, 5.41) is 12.9. The zero-order valence-electron chi connectivity index (χ0n) is 12.9. The van der Waals surface area contributed by atoms with Crippen LogP contribution >= 0.6 is 11.3 Å². The van der Waals surface area contributed by atoms with E-state index in [9.17, 15) is 14.7 Å². The van der Waals surface area contributed by atoms with E-state index in [0.717, 1.165) is 37.8 Å². The van der Waals surface area contributed by atoms with Crippen molar-refractivity contribution in [1.82, 2.24) is 4.98 Å². The van der Waals surface area contributed by atoms with Gasteiger partial charge in [-0.1, -0.05) is 6.92 Å². The lowest BCUT2D eigenvalue weighted by atomic mass is 9.79. The number of aliphatic carboxylic acids is 1. The van der Waals surface area contributed by atoms with Gasteiger partial charge in [0.2, 0.25) is 5.91 Å². The monoisotopic (exact) mass is 336 g/mol. The van der Waals surface area contributed by atoms with E-state index in [2.05, 4.69) is 17.2 Å². The third kappa shape index (κ3) is 2.55. The van der Waals surface area contributed by atoms with Crippen LogP contribution in [-0.4, -0.2) is 34.2 Å². The molecule has 2 aliphatic heterocycles. The highest BCUT2D eigenvalue weighted by atomic mass is 32.1. The molecule has 5 atom stereocenters. The highest BCUT2D eigenvalue weighted by molar-refractivity contribution is 7.15. The maximum Gasteiger partial charge on any atom is 0.310 e. The Bertz CT molecular complexity index is 659. The van der Waals surface area contributed by atoms with Crippen molar-refractivity contribution in [2.24, 2.45) is 17.8 Å². The lowest BCUT2D eigenvalue weighted by molar-refractivity contribution is -0.147. The van der Waals surface area contributed by atoms with Crippen molar-refractivity contribution in [3.05, 3.63) is 10.6 Å². The van der Waals surface area contributed by atoms with Crippen molar-refractivity contribution >= 4 is 28.3 Å². The minimum Gasteiger partial charge on any atom is -0.481 e. The predicted octanol–water partition coefficient (Wildman–Crippen LogP) is 2.08. The number of rotatable bonds is 3. The molecule has 124 valence electrons. The largest absolute Gasteiger partial charge is 0.481 e. The molecule has 1 aromatic heterocycles. The van der Waals surface area contributed by atoms with Crippen LogP contribution in [0.4, 0.5) is 5.13 Å². The summed E-state index contributed by atoms with van der Waals surface area (Å²) in [6, 6.07) is 0. The molecule has 2 bridgehead atoms. The molecule has 0 radical (unpaired) electrons. The number of carboxylic acids is 1. The first kappa shape index (κ1) is 15.1. The van der Waals surface area contributed by atoms with Crippen LogP contribution in [0.1, 0.15) is 36.8 Å². The Balaban J connectivity index is 1.51. The molecular formula is C16H20N2O4S. The third-order valence-corrected chi connectivity index (χ3v) is 6.31. The van der Waals surface area contributed by atoms with E-state index in [1.807, 2.05) is 0 Å². The SMILES string of the molecule is C[C@@H]1CCc2nc(NC(=O)[C@H]3[C@@H](C(=O)O)[C@H]4CC[C@@H]3O4)sc2C1. The molecule has 0 saturated carbocycles. The van der Waals surface area contributed by atoms with Gasteiger partial charge in [-0.15, -0.1) is 11.3 Å². The molecule has 3 aliphatic rings. The Hall–Kier alpha value is -1.47. The second-order valence-electron chi connectivity index (χ2n) is 6.91. The van der Waals surface area contributed by atoms with Crippen LogP contribution < -0.4 is 5.32 Å². The van der Waals surface area contributed by atoms with E-state index < -0.39 is 17.8 Å². The zero-order valence-corrected chi connectivity index (χ0v) is 13.8. The smallest absolute Gasteiger partial charge is 0.310 e. The molecule has 4 rings (SSSR count). The van der Waals surface area contributed by atoms with Gasteiger partial charge in [0.1, 0.15) is 0 Å². The molecule has 0 spiro atoms. The van der Waals surface area contributed by atoms with Gasteiger partial charge >= 0.3 is 5.97 Å². The molecule has 0 unspecified atom stereocenters. The van der Waals surface area contributed by atoms with Crippen LogP contribution in [0.25, 0.3) is 0 Å². The number of carbonyl (C=O) groups excluding carboxylic acids is 1. The second kappa shape index (κ2) is 5.56. The first-order valence-electron chi connectivity index (χ1n) is 8.20. The van der Waals surface area contributed by atoms with Crippen molar-refractivity contribution in [3.8, 4) is 0 Å². The highest BCUT2D eigenvalue weighted by Gasteiger charge is 2.55. The summed E-state index contributed by atoms with van der Waals surface area (Å²) < 4.78 is 5.65. The van der Waals surface area contributed by atoms with Crippen LogP contribution in [0.5, 0.6) is 0 Å². The second-order valence-corrected chi connectivity index (χ2v) is 7.99. The number of aryl methyl sites for hydroxylation is 1. The third-order valence-electron chi connectivity index (χ3n) is 5.28. The van der Waals surface area contributed by atoms with Crippen molar-refractivity contribution in [3.63, 3.8) is 0 Å². The van der Waals surface area contributed by atoms with Crippen molar-refractivity contribution in [2.45, 2.75) is 51.2 Å². The average Bonchev–Trinajstić information content (AvgIpc) is 3.18. The number of ether oxygens (including phenoxy) is 1. The fourth-order valence-electron chi connectivity index (χ4n) is 4.11. The van der Waals surface area contributed by atoms with Gasteiger partial charge in [0, 0.05) is 4.88 Å². The van der Waals surface area contributed by atoms with Gasteiger partial charge in [0.25, 0.3) is 0 Å². The molecule has 7 heteroatoms. The van der Waals surface area contributed by atoms with Gasteiger partial charge < -0.3 is 15.2 Å². The fraction of sp³-hybridized carbons (Fsp3) is 0.688. The highest BCUT2D eigenvalue weighted by Crippen LogP contribution is 2.44. The van der Waals surface area contributed by atoms with Gasteiger partial charge in [-0.05, 0) is 38.0 Å². The van der Waals surface area contributed by atoms with E-state index in [1.54, 1.807) is 0 Å². The van der Waals surface area contributed by atoms with Crippen LogP contribution in [0.2, 0.25) is 0 Å². The number of hydrogen-bond acceptors (Lipinski definition) is 5. The minimum absolute atomic E-state index is 0.260. The summed E-state index contributed by atoms with van der Waals surface area (Å²) in [5.74, 6) is -1.88. The molecule has 2 fully saturated rings. The Morgan fingerprint density at radius 3 is 2.74 bits per heavy atom. The number of hydrogen-bond donors (Lipinski definition) is 2. The van der Waals surface area contributed by atoms with Crippen LogP contribution in [0, 0.1) is 17.8 Å². The fourth-order valence-corrected chi connectivity index (χ4v) is 5.28. The first-order valence-corrected chi connectivity index (χ1v) is 9.02. The number of thiazole rings is 1. The Morgan fingerprint density at radius 1 is 1.26 bits per heavy atom. The first-order chi connectivity index (χ1) is 11.0. The topological polar surface area (TPSA) is 88.5 Å². The van der Waals surface area contributed by atoms with Gasteiger partial charge in [-0.3, -0.25) is 9.59 Å². The summed E-state index contributed by atoms with van der Waals surface area (Å²) >= 11 is 1.52. The Morgan fingerprint density at radius 2 is 2.00 bits per heavy atom. The number of amides is 1. The molecule has 2 N–H and O–H groups in total. The van der Waals surface area contributed by atoms with E-state index in [-0.39, 0.29) is 18.1 Å². The van der Waals surface area contributed by atoms with Crippen LogP contribution in [0.3, 0.4) is 0 Å². The van der Waals surface area contributed by atoms with Gasteiger partial charge in [0.15, 0.2) is 5.13 Å². The van der Waals surface area contributed by atoms with Crippen molar-refractivity contribution < 1.29 is 19.4 Å². The van der Waals surface area contributed by atoms with Gasteiger partial charge in [-0.25, -0.2) is 4.98 Å². The van der Waals surface area contributed by atoms with Crippen LogP contribution in [0.15, 0.2) is 0 Å². The normalized spacial score (nSPS) is 35.1. The number of nitrogens with zero attached hydrogens (tertiary/aromatic N) is 1. The molecule has 1 aliphatic carbocycles. The zero-order chi connectivity index (χ0) is 16.1. The molecule has 23 heavy (non-hydrogen) atoms. The quantitative estimate of drug-likeness (QED) is 0.882. The standard InChI is InChI=1S/C16H20N2O4S/c1-7-2-3-8-11(6-7)23-16(17-8)18-14(19)12-9-4-5-10(22-9)13(12)15(20)21/h7,9-10,12-13H,2-6H2,1H3,(H,20,21)(H,17,18,19)/t7-,9+,10-,12-,13+/m1/s1. The summed E-state index contributed by atoms with van der Waals surface area (Å²) in [5.41, 5.74) is 1.09. The average molecular weight is 336 g/mol. The number of fused-ring (bicyclic) bond motifs is 3. The van der Waals surface area contributed by atoms with Crippen molar-refractivity contribution in [1.29, 1.82) is 0 Å². The summed E-state index contributed by atoms with van der Waals surface area (Å²) in [6.07, 6.45) is 4.00. The Labute approximate surface area is 138 Å². The molecule has 3 heterocycles. The van der Waals surface area contributed by atoms with E-state index in [0.29, 0.717) is 11.0 Å². The van der Waals surface area contributed by atoms with Gasteiger partial charge in [0.05, 0.1) is 29.7 Å². The van der Waals surface area contributed by atoms with Crippen molar-refractivity contribution in [2.75, 3.05) is 5.32 Å². The molecular weight excluding hydrogens is 316 g/mol. The maximum atomic E-state index is 12.6. The summed E-state index contributed by atoms with van der Waals surface area (Å²) in [4.78, 5) is 29.9. The molecule has 1 amide bonds. The van der Waals surface area contributed by atoms with E-state index in [4.69, 9.17) is 4.74 Å². The van der Waals surface area contributed by atoms with Gasteiger partial charge in [-0.2, -0.15) is 0 Å². The lowest BCUT2D eigenvalue weighted by Crippen LogP contribution is -2.40. The Kier molecular flexibility index (Phi) is 3.65. The maximum absolute atomic E-state index is 12.6. The number of carboxylic acid groups (broad SMARTS) is 1. The summed E-state index contributed by atoms with van der Waals surface area (Å²) in [6.45, 7) is 2.23. The number of aromatic nitrogens is 1. The van der Waals surface area contributed by atoms with E-state index >= 15 is 0 Å². The molecule has 1 aromatic rings. The number of carbonyl (C=O) groups is 2. The van der Waals surface area contributed by atoms with Crippen LogP contribution in [-0.2, 0) is 27.2 Å². The molecule has 2 saturated heterocycles. The number of nitrogens with one attached hydrogen (secondary N) is 1. The molecule has 6 nitrogen and oxygen atoms in total. The number of anilines is 1. The minimum atomic E-state index is -0.940. The lowest BCUT2D eigenvalue weighted by Gasteiger charge is -2.23. The van der Waals surface area contributed by atoms with E-state index in [1.165, 1.54) is 16.2 Å². The molecule has 0 aromatic carbocycles. The summed E-state index contributed by atoms with van der Waals surface area (Å²) in [7, 11) is 0. The predicted molar refractivity (Wildman–Crippen MR) is 84.4 cm³/mol.